The summed E-state index contributed by atoms with van der Waals surface area (Å²) in [6.45, 7) is 4.73. The molecule has 4 aromatic rings. The number of benzene rings is 2. The number of aromatic nitrogens is 3. The van der Waals surface area contributed by atoms with Gasteiger partial charge in [-0.15, -0.1) is 0 Å². The minimum atomic E-state index is 0.658. The quantitative estimate of drug-likeness (QED) is 0.594. The standard InChI is InChI=1S/C21H20N4/c1-15-12-16(2)25-14-18(24-21(25)23-15)13-22-20-11-7-6-10-19(20)17-8-4-3-5-9-17/h3-12,14,22H,13H2,1-2H3. The first-order chi connectivity index (χ1) is 12.2. The van der Waals surface area contributed by atoms with Crippen molar-refractivity contribution in [2.75, 3.05) is 5.32 Å². The highest BCUT2D eigenvalue weighted by Gasteiger charge is 2.08. The maximum absolute atomic E-state index is 4.64. The fraction of sp³-hybridized carbons (Fsp3) is 0.143. The average Bonchev–Trinajstić information content (AvgIpc) is 3.04. The summed E-state index contributed by atoms with van der Waals surface area (Å²) in [5.41, 5.74) is 6.61. The lowest BCUT2D eigenvalue weighted by molar-refractivity contribution is 1.01. The second-order valence-corrected chi connectivity index (χ2v) is 6.21. The molecule has 0 spiro atoms. The molecule has 0 bridgehead atoms. The molecule has 25 heavy (non-hydrogen) atoms. The van der Waals surface area contributed by atoms with Gasteiger partial charge in [0.05, 0.1) is 12.2 Å². The smallest absolute Gasteiger partial charge is 0.234 e. The zero-order valence-corrected chi connectivity index (χ0v) is 14.4. The lowest BCUT2D eigenvalue weighted by Gasteiger charge is -2.11. The molecule has 1 N–H and O–H groups in total. The molecular formula is C21H20N4. The van der Waals surface area contributed by atoms with Crippen LogP contribution in [0.5, 0.6) is 0 Å². The third-order valence-electron chi connectivity index (χ3n) is 4.28. The number of para-hydroxylation sites is 1. The fourth-order valence-electron chi connectivity index (χ4n) is 3.10. The second-order valence-electron chi connectivity index (χ2n) is 6.21. The predicted octanol–water partition coefficient (Wildman–Crippen LogP) is 4.63. The van der Waals surface area contributed by atoms with E-state index in [1.54, 1.807) is 0 Å². The van der Waals surface area contributed by atoms with Crippen LogP contribution in [-0.2, 0) is 6.54 Å². The van der Waals surface area contributed by atoms with Crippen molar-refractivity contribution in [1.82, 2.24) is 14.4 Å². The van der Waals surface area contributed by atoms with Gasteiger partial charge in [-0.25, -0.2) is 9.97 Å². The van der Waals surface area contributed by atoms with Gasteiger partial charge in [0.25, 0.3) is 0 Å². The van der Waals surface area contributed by atoms with Crippen LogP contribution >= 0.6 is 0 Å². The maximum atomic E-state index is 4.64. The van der Waals surface area contributed by atoms with Crippen molar-refractivity contribution in [2.45, 2.75) is 20.4 Å². The van der Waals surface area contributed by atoms with Crippen LogP contribution in [0.15, 0.2) is 66.9 Å². The molecule has 2 aromatic heterocycles. The van der Waals surface area contributed by atoms with Gasteiger partial charge in [0.2, 0.25) is 5.78 Å². The van der Waals surface area contributed by atoms with Gasteiger partial charge in [-0.1, -0.05) is 48.5 Å². The Hall–Kier alpha value is -3.14. The summed E-state index contributed by atoms with van der Waals surface area (Å²) in [4.78, 5) is 9.14. The monoisotopic (exact) mass is 328 g/mol. The topological polar surface area (TPSA) is 42.2 Å². The summed E-state index contributed by atoms with van der Waals surface area (Å²) in [7, 11) is 0. The van der Waals surface area contributed by atoms with Crippen LogP contribution in [0.3, 0.4) is 0 Å². The molecule has 0 amide bonds. The molecular weight excluding hydrogens is 308 g/mol. The highest BCUT2D eigenvalue weighted by atomic mass is 15.1. The Morgan fingerprint density at radius 2 is 1.68 bits per heavy atom. The first-order valence-electron chi connectivity index (χ1n) is 8.41. The fourth-order valence-corrected chi connectivity index (χ4v) is 3.10. The molecule has 0 unspecified atom stereocenters. The van der Waals surface area contributed by atoms with E-state index in [-0.39, 0.29) is 0 Å². The number of aryl methyl sites for hydroxylation is 2. The molecule has 0 saturated carbocycles. The summed E-state index contributed by atoms with van der Waals surface area (Å²) in [6.07, 6.45) is 2.05. The maximum Gasteiger partial charge on any atom is 0.234 e. The van der Waals surface area contributed by atoms with Gasteiger partial charge in [-0.3, -0.25) is 4.40 Å². The zero-order valence-electron chi connectivity index (χ0n) is 14.4. The molecule has 0 aliphatic carbocycles. The number of nitrogens with zero attached hydrogens (tertiary/aromatic N) is 3. The zero-order chi connectivity index (χ0) is 17.2. The van der Waals surface area contributed by atoms with Gasteiger partial charge < -0.3 is 5.32 Å². The van der Waals surface area contributed by atoms with Crippen LogP contribution in [0.4, 0.5) is 5.69 Å². The van der Waals surface area contributed by atoms with E-state index in [1.807, 2.05) is 23.5 Å². The van der Waals surface area contributed by atoms with Crippen LogP contribution in [-0.4, -0.2) is 14.4 Å². The van der Waals surface area contributed by atoms with E-state index in [4.69, 9.17) is 0 Å². The lowest BCUT2D eigenvalue weighted by atomic mass is 10.0. The highest BCUT2D eigenvalue weighted by molar-refractivity contribution is 5.77. The van der Waals surface area contributed by atoms with E-state index in [2.05, 4.69) is 76.9 Å². The van der Waals surface area contributed by atoms with Gasteiger partial charge >= 0.3 is 0 Å². The third kappa shape index (κ3) is 3.11. The van der Waals surface area contributed by atoms with E-state index >= 15 is 0 Å². The number of hydrogen-bond donors (Lipinski definition) is 1. The van der Waals surface area contributed by atoms with Crippen LogP contribution in [0.1, 0.15) is 17.1 Å². The van der Waals surface area contributed by atoms with Gasteiger partial charge in [-0.05, 0) is 31.5 Å². The highest BCUT2D eigenvalue weighted by Crippen LogP contribution is 2.27. The summed E-state index contributed by atoms with van der Waals surface area (Å²) in [5.74, 6) is 0.755. The minimum absolute atomic E-state index is 0.658. The Bertz CT molecular complexity index is 1020. The van der Waals surface area contributed by atoms with Crippen molar-refractivity contribution >= 4 is 11.5 Å². The van der Waals surface area contributed by atoms with Crippen molar-refractivity contribution < 1.29 is 0 Å². The van der Waals surface area contributed by atoms with Crippen molar-refractivity contribution in [3.05, 3.63) is 83.9 Å². The SMILES string of the molecule is Cc1cc(C)n2cc(CNc3ccccc3-c3ccccc3)nc2n1. The second kappa shape index (κ2) is 6.40. The van der Waals surface area contributed by atoms with Crippen LogP contribution in [0.2, 0.25) is 0 Å². The average molecular weight is 328 g/mol. The normalized spacial score (nSPS) is 11.0. The Morgan fingerprint density at radius 3 is 2.52 bits per heavy atom. The van der Waals surface area contributed by atoms with E-state index < -0.39 is 0 Å². The number of fused-ring (bicyclic) bond motifs is 1. The van der Waals surface area contributed by atoms with Gasteiger partial charge in [0, 0.05) is 28.8 Å². The largest absolute Gasteiger partial charge is 0.379 e. The molecule has 0 fully saturated rings. The van der Waals surface area contributed by atoms with E-state index in [0.717, 1.165) is 28.5 Å². The molecule has 0 aliphatic heterocycles. The summed E-state index contributed by atoms with van der Waals surface area (Å²) >= 11 is 0. The third-order valence-corrected chi connectivity index (χ3v) is 4.28. The van der Waals surface area contributed by atoms with E-state index in [0.29, 0.717) is 6.54 Å². The number of rotatable bonds is 4. The Kier molecular flexibility index (Phi) is 3.94. The molecule has 2 heterocycles. The number of anilines is 1. The molecule has 0 radical (unpaired) electrons. The lowest BCUT2D eigenvalue weighted by Crippen LogP contribution is -2.01. The van der Waals surface area contributed by atoms with Crippen molar-refractivity contribution in [2.24, 2.45) is 0 Å². The predicted molar refractivity (Wildman–Crippen MR) is 102 cm³/mol. The van der Waals surface area contributed by atoms with Crippen LogP contribution in [0.25, 0.3) is 16.9 Å². The van der Waals surface area contributed by atoms with Crippen molar-refractivity contribution in [3.63, 3.8) is 0 Å². The minimum Gasteiger partial charge on any atom is -0.379 e. The molecule has 124 valence electrons. The first-order valence-corrected chi connectivity index (χ1v) is 8.41. The number of hydrogen-bond acceptors (Lipinski definition) is 3. The molecule has 0 aliphatic rings. The molecule has 2 aromatic carbocycles. The molecule has 4 nitrogen and oxygen atoms in total. The van der Waals surface area contributed by atoms with Crippen molar-refractivity contribution in [3.8, 4) is 11.1 Å². The van der Waals surface area contributed by atoms with Crippen molar-refractivity contribution in [1.29, 1.82) is 0 Å². The Balaban J connectivity index is 1.61. The number of imidazole rings is 1. The molecule has 4 rings (SSSR count). The Labute approximate surface area is 147 Å². The molecule has 0 atom stereocenters. The van der Waals surface area contributed by atoms with Gasteiger partial charge in [0.1, 0.15) is 0 Å². The van der Waals surface area contributed by atoms with Crippen LogP contribution in [0, 0.1) is 13.8 Å². The summed E-state index contributed by atoms with van der Waals surface area (Å²) in [5, 5.41) is 3.52. The molecule has 0 saturated heterocycles. The first kappa shape index (κ1) is 15.4. The molecule has 4 heteroatoms. The van der Waals surface area contributed by atoms with Crippen LogP contribution < -0.4 is 5.32 Å². The summed E-state index contributed by atoms with van der Waals surface area (Å²) < 4.78 is 2.03. The van der Waals surface area contributed by atoms with Gasteiger partial charge in [0.15, 0.2) is 0 Å². The summed E-state index contributed by atoms with van der Waals surface area (Å²) in [6, 6.07) is 20.8. The Morgan fingerprint density at radius 1 is 0.920 bits per heavy atom. The van der Waals surface area contributed by atoms with E-state index in [1.165, 1.54) is 11.1 Å². The van der Waals surface area contributed by atoms with Gasteiger partial charge in [-0.2, -0.15) is 0 Å². The number of nitrogens with one attached hydrogen (secondary N) is 1. The van der Waals surface area contributed by atoms with E-state index in [9.17, 15) is 0 Å².